The normalized spacial score (nSPS) is 15.9. The second-order valence-corrected chi connectivity index (χ2v) is 10.8. The molecule has 0 unspecified atom stereocenters. The molecule has 0 saturated carbocycles. The van der Waals surface area contributed by atoms with Crippen molar-refractivity contribution in [2.45, 2.75) is 26.7 Å². The van der Waals surface area contributed by atoms with Crippen LogP contribution in [0.3, 0.4) is 0 Å². The van der Waals surface area contributed by atoms with E-state index in [4.69, 9.17) is 9.47 Å². The molecule has 1 saturated heterocycles. The van der Waals surface area contributed by atoms with Gasteiger partial charge in [0.1, 0.15) is 13.2 Å². The summed E-state index contributed by atoms with van der Waals surface area (Å²) < 4.78 is 37.4. The zero-order chi connectivity index (χ0) is 24.3. The number of aryl methyl sites for hydroxylation is 1. The average Bonchev–Trinajstić information content (AvgIpc) is 2.82. The molecule has 2 aliphatic rings. The Morgan fingerprint density at radius 3 is 2.41 bits per heavy atom. The van der Waals surface area contributed by atoms with Gasteiger partial charge in [-0.2, -0.15) is 0 Å². The standard InChI is InChI=1S/C25H33N3O5S/c1-19-6-4-7-22(20(19)2)26-12-14-27(15-13-26)25(29)8-5-11-28(34(3,30)31)21-9-10-23-24(18-21)33-17-16-32-23/h4,6-7,9-10,18H,5,8,11-17H2,1-3H3. The van der Waals surface area contributed by atoms with Gasteiger partial charge in [0.2, 0.25) is 15.9 Å². The monoisotopic (exact) mass is 487 g/mol. The highest BCUT2D eigenvalue weighted by Crippen LogP contribution is 2.34. The van der Waals surface area contributed by atoms with E-state index in [2.05, 4.69) is 36.9 Å². The Bertz CT molecular complexity index is 1140. The number of carbonyl (C=O) groups excluding carboxylic acids is 1. The molecular weight excluding hydrogens is 454 g/mol. The maximum absolute atomic E-state index is 12.8. The number of amides is 1. The van der Waals surface area contributed by atoms with Crippen molar-refractivity contribution in [3.8, 4) is 11.5 Å². The van der Waals surface area contributed by atoms with Crippen LogP contribution in [0.25, 0.3) is 0 Å². The molecule has 34 heavy (non-hydrogen) atoms. The Balaban J connectivity index is 1.32. The minimum Gasteiger partial charge on any atom is -0.486 e. The van der Waals surface area contributed by atoms with Crippen molar-refractivity contribution >= 4 is 27.3 Å². The molecule has 184 valence electrons. The average molecular weight is 488 g/mol. The number of nitrogens with zero attached hydrogens (tertiary/aromatic N) is 3. The van der Waals surface area contributed by atoms with Crippen molar-refractivity contribution in [2.24, 2.45) is 0 Å². The maximum atomic E-state index is 12.8. The highest BCUT2D eigenvalue weighted by atomic mass is 32.2. The molecule has 9 heteroatoms. The Morgan fingerprint density at radius 1 is 1.00 bits per heavy atom. The van der Waals surface area contributed by atoms with Crippen LogP contribution in [-0.2, 0) is 14.8 Å². The fourth-order valence-electron chi connectivity index (χ4n) is 4.48. The summed E-state index contributed by atoms with van der Waals surface area (Å²) in [4.78, 5) is 17.0. The van der Waals surface area contributed by atoms with E-state index in [1.54, 1.807) is 18.2 Å². The Labute approximate surface area is 202 Å². The van der Waals surface area contributed by atoms with Gasteiger partial charge in [0, 0.05) is 50.9 Å². The Kier molecular flexibility index (Phi) is 7.21. The lowest BCUT2D eigenvalue weighted by Gasteiger charge is -2.37. The molecule has 4 rings (SSSR count). The molecule has 0 aromatic heterocycles. The third-order valence-corrected chi connectivity index (χ3v) is 7.71. The van der Waals surface area contributed by atoms with E-state index in [1.807, 2.05) is 4.90 Å². The lowest BCUT2D eigenvalue weighted by atomic mass is 10.1. The fraction of sp³-hybridized carbons (Fsp3) is 0.480. The summed E-state index contributed by atoms with van der Waals surface area (Å²) in [6.45, 7) is 8.32. The van der Waals surface area contributed by atoms with Crippen LogP contribution in [0, 0.1) is 13.8 Å². The van der Waals surface area contributed by atoms with E-state index >= 15 is 0 Å². The molecule has 0 N–H and O–H groups in total. The first-order chi connectivity index (χ1) is 16.2. The number of sulfonamides is 1. The molecule has 2 aromatic rings. The fourth-order valence-corrected chi connectivity index (χ4v) is 5.44. The minimum atomic E-state index is -3.51. The maximum Gasteiger partial charge on any atom is 0.232 e. The van der Waals surface area contributed by atoms with E-state index in [1.165, 1.54) is 27.4 Å². The lowest BCUT2D eigenvalue weighted by molar-refractivity contribution is -0.131. The molecule has 0 radical (unpaired) electrons. The van der Waals surface area contributed by atoms with Gasteiger partial charge in [0.05, 0.1) is 11.9 Å². The Morgan fingerprint density at radius 2 is 1.71 bits per heavy atom. The molecule has 2 aliphatic heterocycles. The number of benzene rings is 2. The van der Waals surface area contributed by atoms with Gasteiger partial charge < -0.3 is 19.3 Å². The Hall–Kier alpha value is -2.94. The number of ether oxygens (including phenoxy) is 2. The smallest absolute Gasteiger partial charge is 0.232 e. The third kappa shape index (κ3) is 5.41. The number of hydrogen-bond acceptors (Lipinski definition) is 6. The van der Waals surface area contributed by atoms with Gasteiger partial charge in [-0.05, 0) is 49.6 Å². The first-order valence-electron chi connectivity index (χ1n) is 11.7. The zero-order valence-corrected chi connectivity index (χ0v) is 20.9. The van der Waals surface area contributed by atoms with E-state index < -0.39 is 10.0 Å². The van der Waals surface area contributed by atoms with Crippen molar-refractivity contribution < 1.29 is 22.7 Å². The molecule has 0 aliphatic carbocycles. The van der Waals surface area contributed by atoms with Gasteiger partial charge in [0.25, 0.3) is 0 Å². The zero-order valence-electron chi connectivity index (χ0n) is 20.1. The number of rotatable bonds is 7. The number of carbonyl (C=O) groups is 1. The van der Waals surface area contributed by atoms with Crippen molar-refractivity contribution in [1.82, 2.24) is 4.90 Å². The number of fused-ring (bicyclic) bond motifs is 1. The van der Waals surface area contributed by atoms with Crippen LogP contribution in [0.1, 0.15) is 24.0 Å². The topological polar surface area (TPSA) is 79.4 Å². The molecule has 0 spiro atoms. The van der Waals surface area contributed by atoms with Crippen LogP contribution in [0.5, 0.6) is 11.5 Å². The lowest BCUT2D eigenvalue weighted by Crippen LogP contribution is -2.49. The highest BCUT2D eigenvalue weighted by molar-refractivity contribution is 7.92. The van der Waals surface area contributed by atoms with Gasteiger partial charge >= 0.3 is 0 Å². The quantitative estimate of drug-likeness (QED) is 0.598. The highest BCUT2D eigenvalue weighted by Gasteiger charge is 2.24. The van der Waals surface area contributed by atoms with Gasteiger partial charge in [0.15, 0.2) is 11.5 Å². The van der Waals surface area contributed by atoms with Crippen molar-refractivity contribution in [2.75, 3.05) is 61.4 Å². The molecule has 8 nitrogen and oxygen atoms in total. The summed E-state index contributed by atoms with van der Waals surface area (Å²) in [6, 6.07) is 11.4. The first kappa shape index (κ1) is 24.2. The predicted octanol–water partition coefficient (Wildman–Crippen LogP) is 2.97. The van der Waals surface area contributed by atoms with Gasteiger partial charge in [-0.3, -0.25) is 9.10 Å². The molecule has 2 aromatic carbocycles. The summed E-state index contributed by atoms with van der Waals surface area (Å²) in [5.74, 6) is 1.21. The van der Waals surface area contributed by atoms with E-state index in [0.717, 1.165) is 13.1 Å². The van der Waals surface area contributed by atoms with Crippen LogP contribution < -0.4 is 18.7 Å². The van der Waals surface area contributed by atoms with Crippen LogP contribution >= 0.6 is 0 Å². The van der Waals surface area contributed by atoms with E-state index in [9.17, 15) is 13.2 Å². The van der Waals surface area contributed by atoms with Crippen LogP contribution in [0.2, 0.25) is 0 Å². The molecule has 1 fully saturated rings. The molecular formula is C25H33N3O5S. The molecule has 0 atom stereocenters. The van der Waals surface area contributed by atoms with Gasteiger partial charge in [-0.15, -0.1) is 0 Å². The number of hydrogen-bond donors (Lipinski definition) is 0. The largest absolute Gasteiger partial charge is 0.486 e. The van der Waals surface area contributed by atoms with Crippen LogP contribution in [-0.4, -0.2) is 71.4 Å². The molecule has 2 heterocycles. The molecule has 1 amide bonds. The first-order valence-corrected chi connectivity index (χ1v) is 13.5. The number of piperazine rings is 1. The van der Waals surface area contributed by atoms with Crippen LogP contribution in [0.15, 0.2) is 36.4 Å². The third-order valence-electron chi connectivity index (χ3n) is 6.52. The van der Waals surface area contributed by atoms with E-state index in [0.29, 0.717) is 56.3 Å². The van der Waals surface area contributed by atoms with Crippen molar-refractivity contribution in [3.63, 3.8) is 0 Å². The summed E-state index contributed by atoms with van der Waals surface area (Å²) in [6.07, 6.45) is 1.93. The van der Waals surface area contributed by atoms with Crippen molar-refractivity contribution in [3.05, 3.63) is 47.5 Å². The SMILES string of the molecule is Cc1cccc(N2CCN(C(=O)CCCN(c3ccc4c(c3)OCCO4)S(C)(=O)=O)CC2)c1C. The second-order valence-electron chi connectivity index (χ2n) is 8.85. The minimum absolute atomic E-state index is 0.0660. The molecule has 0 bridgehead atoms. The van der Waals surface area contributed by atoms with Gasteiger partial charge in [-0.1, -0.05) is 12.1 Å². The van der Waals surface area contributed by atoms with E-state index in [-0.39, 0.29) is 12.5 Å². The summed E-state index contributed by atoms with van der Waals surface area (Å²) in [5, 5.41) is 0. The summed E-state index contributed by atoms with van der Waals surface area (Å²) in [5.41, 5.74) is 4.29. The van der Waals surface area contributed by atoms with Crippen LogP contribution in [0.4, 0.5) is 11.4 Å². The predicted molar refractivity (Wildman–Crippen MR) is 134 cm³/mol. The second kappa shape index (κ2) is 10.1. The summed E-state index contributed by atoms with van der Waals surface area (Å²) in [7, 11) is -3.51. The summed E-state index contributed by atoms with van der Waals surface area (Å²) >= 11 is 0. The number of anilines is 2. The van der Waals surface area contributed by atoms with Crippen molar-refractivity contribution in [1.29, 1.82) is 0 Å². The van der Waals surface area contributed by atoms with Gasteiger partial charge in [-0.25, -0.2) is 8.42 Å².